The van der Waals surface area contributed by atoms with Crippen LogP contribution in [0, 0.1) is 0 Å². The van der Waals surface area contributed by atoms with Crippen molar-refractivity contribution in [1.29, 1.82) is 0 Å². The third kappa shape index (κ3) is 2.78. The molecule has 2 rings (SSSR count). The van der Waals surface area contributed by atoms with Crippen LogP contribution >= 0.6 is 63.7 Å². The van der Waals surface area contributed by atoms with Crippen molar-refractivity contribution >= 4 is 63.7 Å². The molecule has 0 aromatic heterocycles. The van der Waals surface area contributed by atoms with Gasteiger partial charge >= 0.3 is 0 Å². The van der Waals surface area contributed by atoms with Gasteiger partial charge in [0.25, 0.3) is 0 Å². The van der Waals surface area contributed by atoms with Crippen molar-refractivity contribution in [1.82, 2.24) is 0 Å². The Morgan fingerprint density at radius 3 is 1.19 bits per heavy atom. The molecule has 2 aromatic rings. The summed E-state index contributed by atoms with van der Waals surface area (Å²) in [6.45, 7) is 0. The van der Waals surface area contributed by atoms with Crippen LogP contribution in [0.25, 0.3) is 11.1 Å². The molecule has 0 unspecified atom stereocenters. The molecular formula is C12H6Br4. The van der Waals surface area contributed by atoms with Gasteiger partial charge in [0.2, 0.25) is 0 Å². The first-order valence-electron chi connectivity index (χ1n) is 4.48. The van der Waals surface area contributed by atoms with Gasteiger partial charge in [-0.1, -0.05) is 12.1 Å². The summed E-state index contributed by atoms with van der Waals surface area (Å²) in [5.74, 6) is 0. The highest BCUT2D eigenvalue weighted by Crippen LogP contribution is 2.32. The number of halogens is 4. The van der Waals surface area contributed by atoms with E-state index in [0.717, 1.165) is 17.9 Å². The van der Waals surface area contributed by atoms with Gasteiger partial charge in [-0.2, -0.15) is 0 Å². The third-order valence-corrected chi connectivity index (χ3v) is 5.93. The van der Waals surface area contributed by atoms with E-state index in [-0.39, 0.29) is 0 Å². The van der Waals surface area contributed by atoms with Gasteiger partial charge in [-0.05, 0) is 99.1 Å². The molecule has 0 saturated heterocycles. The maximum absolute atomic E-state index is 3.51. The van der Waals surface area contributed by atoms with E-state index in [0.29, 0.717) is 0 Å². The minimum atomic E-state index is 1.06. The zero-order valence-electron chi connectivity index (χ0n) is 7.98. The zero-order chi connectivity index (χ0) is 11.7. The molecule has 0 spiro atoms. The van der Waals surface area contributed by atoms with E-state index in [2.05, 4.69) is 88.0 Å². The Bertz CT molecular complexity index is 485. The molecule has 82 valence electrons. The lowest BCUT2D eigenvalue weighted by molar-refractivity contribution is 1.53. The number of hydrogen-bond donors (Lipinski definition) is 0. The van der Waals surface area contributed by atoms with E-state index in [1.807, 2.05) is 12.1 Å². The highest BCUT2D eigenvalue weighted by molar-refractivity contribution is 9.13. The van der Waals surface area contributed by atoms with Crippen LogP contribution in [0.15, 0.2) is 54.3 Å². The fraction of sp³-hybridized carbons (Fsp3) is 0. The summed E-state index contributed by atoms with van der Waals surface area (Å²) >= 11 is 13.9. The van der Waals surface area contributed by atoms with Gasteiger partial charge in [-0.25, -0.2) is 0 Å². The molecule has 16 heavy (non-hydrogen) atoms. The molecule has 0 N–H and O–H groups in total. The van der Waals surface area contributed by atoms with Gasteiger partial charge in [-0.15, -0.1) is 0 Å². The van der Waals surface area contributed by atoms with Crippen molar-refractivity contribution in [2.24, 2.45) is 0 Å². The average Bonchev–Trinajstić information content (AvgIpc) is 2.26. The van der Waals surface area contributed by atoms with Crippen LogP contribution in [-0.4, -0.2) is 0 Å². The van der Waals surface area contributed by atoms with Crippen LogP contribution in [0.2, 0.25) is 0 Å². The molecule has 0 aliphatic carbocycles. The summed E-state index contributed by atoms with van der Waals surface area (Å²) in [7, 11) is 0. The molecular weight excluding hydrogens is 464 g/mol. The van der Waals surface area contributed by atoms with E-state index in [1.165, 1.54) is 11.1 Å². The summed E-state index contributed by atoms with van der Waals surface area (Å²) in [4.78, 5) is 0. The summed E-state index contributed by atoms with van der Waals surface area (Å²) in [5, 5.41) is 0. The van der Waals surface area contributed by atoms with Crippen molar-refractivity contribution in [3.63, 3.8) is 0 Å². The Balaban J connectivity index is 2.50. The Morgan fingerprint density at radius 2 is 0.875 bits per heavy atom. The van der Waals surface area contributed by atoms with Crippen LogP contribution < -0.4 is 0 Å². The first kappa shape index (κ1) is 12.8. The molecule has 0 saturated carbocycles. The largest absolute Gasteiger partial charge is 0.0532 e. The lowest BCUT2D eigenvalue weighted by Crippen LogP contribution is -1.80. The van der Waals surface area contributed by atoms with Crippen LogP contribution in [0.4, 0.5) is 0 Å². The Kier molecular flexibility index (Phi) is 4.27. The molecule has 0 amide bonds. The average molecular weight is 470 g/mol. The van der Waals surface area contributed by atoms with Gasteiger partial charge in [-0.3, -0.25) is 0 Å². The van der Waals surface area contributed by atoms with Crippen molar-refractivity contribution in [3.05, 3.63) is 54.3 Å². The second-order valence-corrected chi connectivity index (χ2v) is 6.68. The van der Waals surface area contributed by atoms with Crippen molar-refractivity contribution in [3.8, 4) is 11.1 Å². The normalized spacial score (nSPS) is 10.5. The van der Waals surface area contributed by atoms with Crippen LogP contribution in [0.1, 0.15) is 0 Å². The van der Waals surface area contributed by atoms with Crippen LogP contribution in [-0.2, 0) is 0 Å². The van der Waals surface area contributed by atoms with Crippen molar-refractivity contribution in [2.45, 2.75) is 0 Å². The van der Waals surface area contributed by atoms with Crippen LogP contribution in [0.5, 0.6) is 0 Å². The lowest BCUT2D eigenvalue weighted by Gasteiger charge is -2.05. The van der Waals surface area contributed by atoms with Gasteiger partial charge in [0.15, 0.2) is 0 Å². The van der Waals surface area contributed by atoms with E-state index >= 15 is 0 Å². The molecule has 0 aliphatic heterocycles. The molecule has 0 atom stereocenters. The molecule has 0 nitrogen and oxygen atoms in total. The SMILES string of the molecule is Brc1ccc(-c2ccc(Br)c(Br)c2)cc1Br. The monoisotopic (exact) mass is 466 g/mol. The van der Waals surface area contributed by atoms with E-state index in [1.54, 1.807) is 0 Å². The Labute approximate surface area is 128 Å². The molecule has 0 fully saturated rings. The summed E-state index contributed by atoms with van der Waals surface area (Å²) in [6, 6.07) is 12.4. The van der Waals surface area contributed by atoms with Crippen molar-refractivity contribution in [2.75, 3.05) is 0 Å². The minimum Gasteiger partial charge on any atom is -0.0532 e. The summed E-state index contributed by atoms with van der Waals surface area (Å²) in [6.07, 6.45) is 0. The third-order valence-electron chi connectivity index (χ3n) is 2.17. The summed E-state index contributed by atoms with van der Waals surface area (Å²) < 4.78 is 4.24. The topological polar surface area (TPSA) is 0 Å². The first-order valence-corrected chi connectivity index (χ1v) is 7.65. The molecule has 0 bridgehead atoms. The highest BCUT2D eigenvalue weighted by atomic mass is 79.9. The Morgan fingerprint density at radius 1 is 0.500 bits per heavy atom. The van der Waals surface area contributed by atoms with Gasteiger partial charge in [0.1, 0.15) is 0 Å². The summed E-state index contributed by atoms with van der Waals surface area (Å²) in [5.41, 5.74) is 2.37. The first-order chi connectivity index (χ1) is 7.58. The van der Waals surface area contributed by atoms with Crippen molar-refractivity contribution < 1.29 is 0 Å². The number of rotatable bonds is 1. The minimum absolute atomic E-state index is 1.06. The molecule has 0 radical (unpaired) electrons. The Hall–Kier alpha value is 0.360. The molecule has 4 heteroatoms. The second-order valence-electron chi connectivity index (χ2n) is 3.26. The predicted octanol–water partition coefficient (Wildman–Crippen LogP) is 6.40. The fourth-order valence-corrected chi connectivity index (χ4v) is 2.60. The maximum Gasteiger partial charge on any atom is 0.0323 e. The lowest BCUT2D eigenvalue weighted by atomic mass is 10.1. The van der Waals surface area contributed by atoms with Crippen LogP contribution in [0.3, 0.4) is 0 Å². The number of hydrogen-bond acceptors (Lipinski definition) is 0. The van der Waals surface area contributed by atoms with E-state index in [4.69, 9.17) is 0 Å². The maximum atomic E-state index is 3.51. The van der Waals surface area contributed by atoms with Gasteiger partial charge in [0.05, 0.1) is 0 Å². The second kappa shape index (κ2) is 5.34. The standard InChI is InChI=1S/C12H6Br4/c13-9-3-1-7(5-11(9)15)8-2-4-10(14)12(16)6-8/h1-6H. The zero-order valence-corrected chi connectivity index (χ0v) is 14.3. The number of benzene rings is 2. The predicted molar refractivity (Wildman–Crippen MR) is 82.7 cm³/mol. The molecule has 2 aromatic carbocycles. The highest BCUT2D eigenvalue weighted by Gasteiger charge is 2.03. The van der Waals surface area contributed by atoms with Gasteiger partial charge in [0, 0.05) is 17.9 Å². The van der Waals surface area contributed by atoms with E-state index < -0.39 is 0 Å². The van der Waals surface area contributed by atoms with Gasteiger partial charge < -0.3 is 0 Å². The smallest absolute Gasteiger partial charge is 0.0323 e. The van der Waals surface area contributed by atoms with E-state index in [9.17, 15) is 0 Å². The fourth-order valence-electron chi connectivity index (χ4n) is 1.35. The molecule has 0 aliphatic rings. The quantitative estimate of drug-likeness (QED) is 0.453. The molecule has 0 heterocycles.